The first-order valence-electron chi connectivity index (χ1n) is 10.6. The molecule has 2 aromatic carbocycles. The van der Waals surface area contributed by atoms with Gasteiger partial charge in [-0.3, -0.25) is 9.69 Å². The zero-order chi connectivity index (χ0) is 23.4. The van der Waals surface area contributed by atoms with E-state index in [1.165, 1.54) is 29.0 Å². The molecule has 172 valence electrons. The summed E-state index contributed by atoms with van der Waals surface area (Å²) in [7, 11) is -3.61. The highest BCUT2D eigenvalue weighted by atomic mass is 32.2. The van der Waals surface area contributed by atoms with Gasteiger partial charge >= 0.3 is 0 Å². The Hall–Kier alpha value is -3.04. The molecular formula is C24H23FN2O4S2. The van der Waals surface area contributed by atoms with E-state index in [-0.39, 0.29) is 35.9 Å². The van der Waals surface area contributed by atoms with Crippen LogP contribution in [0.1, 0.15) is 31.1 Å². The van der Waals surface area contributed by atoms with Crippen LogP contribution in [0, 0.1) is 5.82 Å². The van der Waals surface area contributed by atoms with Crippen molar-refractivity contribution in [3.05, 3.63) is 78.0 Å². The van der Waals surface area contributed by atoms with Crippen LogP contribution in [0.15, 0.2) is 70.2 Å². The number of carbonyl (C=O) groups excluding carboxylic acids is 1. The smallest absolute Gasteiger partial charge is 0.229 e. The summed E-state index contributed by atoms with van der Waals surface area (Å²) in [5.74, 6) is -0.343. The highest BCUT2D eigenvalue weighted by Crippen LogP contribution is 2.31. The number of thiazole rings is 1. The number of fused-ring (bicyclic) bond motifs is 1. The van der Waals surface area contributed by atoms with Crippen molar-refractivity contribution in [2.24, 2.45) is 0 Å². The van der Waals surface area contributed by atoms with Crippen molar-refractivity contribution >= 4 is 42.4 Å². The first-order valence-corrected chi connectivity index (χ1v) is 13.0. The highest BCUT2D eigenvalue weighted by molar-refractivity contribution is 7.91. The van der Waals surface area contributed by atoms with Crippen LogP contribution in [0.25, 0.3) is 10.2 Å². The average Bonchev–Trinajstić information content (AvgIpc) is 3.46. The molecule has 0 radical (unpaired) electrons. The number of nitrogens with zero attached hydrogens (tertiary/aromatic N) is 2. The number of benzene rings is 2. The maximum atomic E-state index is 13.1. The van der Waals surface area contributed by atoms with E-state index < -0.39 is 15.7 Å². The van der Waals surface area contributed by atoms with Gasteiger partial charge in [0.05, 0.1) is 33.7 Å². The number of aromatic nitrogens is 1. The lowest BCUT2D eigenvalue weighted by atomic mass is 10.2. The lowest BCUT2D eigenvalue weighted by Crippen LogP contribution is -2.30. The normalized spacial score (nSPS) is 11.7. The molecule has 4 rings (SSSR count). The molecule has 9 heteroatoms. The van der Waals surface area contributed by atoms with Gasteiger partial charge in [-0.2, -0.15) is 0 Å². The minimum Gasteiger partial charge on any atom is -0.467 e. The van der Waals surface area contributed by atoms with Gasteiger partial charge in [0.1, 0.15) is 11.6 Å². The average molecular weight is 487 g/mol. The molecule has 0 saturated carbocycles. The lowest BCUT2D eigenvalue weighted by molar-refractivity contribution is -0.118. The zero-order valence-electron chi connectivity index (χ0n) is 18.0. The van der Waals surface area contributed by atoms with Crippen LogP contribution in [0.5, 0.6) is 0 Å². The predicted octanol–water partition coefficient (Wildman–Crippen LogP) is 5.38. The van der Waals surface area contributed by atoms with Gasteiger partial charge in [-0.15, -0.1) is 0 Å². The molecule has 0 saturated heterocycles. The Labute approximate surface area is 195 Å². The van der Waals surface area contributed by atoms with E-state index in [0.29, 0.717) is 10.9 Å². The van der Waals surface area contributed by atoms with Crippen LogP contribution in [0.3, 0.4) is 0 Å². The Morgan fingerprint density at radius 3 is 2.64 bits per heavy atom. The van der Waals surface area contributed by atoms with Crippen LogP contribution in [0.2, 0.25) is 0 Å². The van der Waals surface area contributed by atoms with Gasteiger partial charge in [0.25, 0.3) is 0 Å². The predicted molar refractivity (Wildman–Crippen MR) is 127 cm³/mol. The van der Waals surface area contributed by atoms with Gasteiger partial charge in [-0.25, -0.2) is 17.8 Å². The van der Waals surface area contributed by atoms with E-state index in [4.69, 9.17) is 4.42 Å². The van der Waals surface area contributed by atoms with Crippen molar-refractivity contribution in [1.29, 1.82) is 0 Å². The number of carbonyl (C=O) groups is 1. The van der Waals surface area contributed by atoms with E-state index in [2.05, 4.69) is 18.0 Å². The number of hydrogen-bond donors (Lipinski definition) is 0. The molecule has 0 bridgehead atoms. The van der Waals surface area contributed by atoms with Gasteiger partial charge < -0.3 is 4.42 Å². The number of anilines is 1. The molecule has 0 atom stereocenters. The van der Waals surface area contributed by atoms with Crippen molar-refractivity contribution in [3.8, 4) is 0 Å². The number of furan rings is 1. The summed E-state index contributed by atoms with van der Waals surface area (Å²) in [6.07, 6.45) is 2.61. The van der Waals surface area contributed by atoms with Crippen molar-refractivity contribution in [2.45, 2.75) is 37.6 Å². The molecule has 0 aliphatic carbocycles. The topological polar surface area (TPSA) is 80.5 Å². The summed E-state index contributed by atoms with van der Waals surface area (Å²) in [5.41, 5.74) is 2.00. The number of sulfone groups is 1. The molecule has 2 aromatic heterocycles. The third kappa shape index (κ3) is 5.48. The van der Waals surface area contributed by atoms with Gasteiger partial charge in [-0.05, 0) is 66.9 Å². The van der Waals surface area contributed by atoms with Crippen molar-refractivity contribution in [1.82, 2.24) is 4.98 Å². The van der Waals surface area contributed by atoms with Gasteiger partial charge in [0.2, 0.25) is 5.91 Å². The quantitative estimate of drug-likeness (QED) is 0.297. The molecule has 1 amide bonds. The molecule has 0 fully saturated rings. The van der Waals surface area contributed by atoms with Crippen LogP contribution in [-0.2, 0) is 27.6 Å². The molecule has 0 aliphatic heterocycles. The first-order chi connectivity index (χ1) is 15.9. The van der Waals surface area contributed by atoms with Crippen LogP contribution in [0.4, 0.5) is 9.52 Å². The Bertz CT molecular complexity index is 1350. The highest BCUT2D eigenvalue weighted by Gasteiger charge is 2.23. The zero-order valence-corrected chi connectivity index (χ0v) is 19.7. The van der Waals surface area contributed by atoms with Crippen LogP contribution in [-0.4, -0.2) is 25.1 Å². The van der Waals surface area contributed by atoms with E-state index in [0.717, 1.165) is 28.8 Å². The number of rotatable bonds is 9. The first kappa shape index (κ1) is 23.1. The molecule has 0 spiro atoms. The second kappa shape index (κ2) is 9.84. The molecule has 0 N–H and O–H groups in total. The number of hydrogen-bond acceptors (Lipinski definition) is 6. The molecule has 0 unspecified atom stereocenters. The fourth-order valence-corrected chi connectivity index (χ4v) is 5.78. The van der Waals surface area contributed by atoms with E-state index in [1.54, 1.807) is 23.3 Å². The molecule has 0 aliphatic rings. The van der Waals surface area contributed by atoms with Crippen molar-refractivity contribution < 1.29 is 22.0 Å². The van der Waals surface area contributed by atoms with Crippen LogP contribution < -0.4 is 4.90 Å². The number of aryl methyl sites for hydroxylation is 1. The summed E-state index contributed by atoms with van der Waals surface area (Å²) < 4.78 is 44.6. The summed E-state index contributed by atoms with van der Waals surface area (Å²) >= 11 is 1.42. The summed E-state index contributed by atoms with van der Waals surface area (Å²) in [4.78, 5) is 19.4. The summed E-state index contributed by atoms with van der Waals surface area (Å²) in [5, 5.41) is 0.543. The Morgan fingerprint density at radius 2 is 1.94 bits per heavy atom. The second-order valence-corrected chi connectivity index (χ2v) is 10.7. The Balaban J connectivity index is 1.51. The minimum atomic E-state index is -3.61. The van der Waals surface area contributed by atoms with E-state index in [9.17, 15) is 17.6 Å². The summed E-state index contributed by atoms with van der Waals surface area (Å²) in [6, 6.07) is 14.3. The third-order valence-corrected chi connectivity index (χ3v) is 8.11. The fourth-order valence-electron chi connectivity index (χ4n) is 3.42. The summed E-state index contributed by atoms with van der Waals surface area (Å²) in [6.45, 7) is 2.28. The van der Waals surface area contributed by atoms with E-state index >= 15 is 0 Å². The molecule has 6 nitrogen and oxygen atoms in total. The lowest BCUT2D eigenvalue weighted by Gasteiger charge is -2.18. The maximum Gasteiger partial charge on any atom is 0.229 e. The molecular weight excluding hydrogens is 463 g/mol. The Morgan fingerprint density at radius 1 is 1.15 bits per heavy atom. The standard InChI is InChI=1S/C24H23FN2O4S2/c1-2-17-7-12-21-22(15-17)32-24(26-21)27(16-19-5-3-13-31-19)23(28)6-4-14-33(29,30)20-10-8-18(25)9-11-20/h3,5,7-13,15H,2,4,6,14,16H2,1H3. The maximum absolute atomic E-state index is 13.1. The third-order valence-electron chi connectivity index (χ3n) is 5.25. The van der Waals surface area contributed by atoms with Crippen molar-refractivity contribution in [3.63, 3.8) is 0 Å². The molecule has 33 heavy (non-hydrogen) atoms. The van der Waals surface area contributed by atoms with Crippen LogP contribution >= 0.6 is 11.3 Å². The van der Waals surface area contributed by atoms with E-state index in [1.807, 2.05) is 12.1 Å². The Kier molecular flexibility index (Phi) is 6.90. The van der Waals surface area contributed by atoms with Gasteiger partial charge in [0, 0.05) is 6.42 Å². The van der Waals surface area contributed by atoms with Gasteiger partial charge in [0.15, 0.2) is 15.0 Å². The van der Waals surface area contributed by atoms with Crippen molar-refractivity contribution in [2.75, 3.05) is 10.7 Å². The molecule has 2 heterocycles. The minimum absolute atomic E-state index is 0.0251. The fraction of sp³-hybridized carbons (Fsp3) is 0.250. The number of halogens is 1. The number of amides is 1. The van der Waals surface area contributed by atoms with Gasteiger partial charge in [-0.1, -0.05) is 24.3 Å². The monoisotopic (exact) mass is 486 g/mol. The largest absolute Gasteiger partial charge is 0.467 e. The second-order valence-electron chi connectivity index (χ2n) is 7.59. The SMILES string of the molecule is CCc1ccc2nc(N(Cc3ccco3)C(=O)CCCS(=O)(=O)c3ccc(F)cc3)sc2c1. The molecule has 4 aromatic rings.